The zero-order valence-electron chi connectivity index (χ0n) is 20.0. The molecule has 0 saturated heterocycles. The van der Waals surface area contributed by atoms with Crippen LogP contribution in [0.1, 0.15) is 54.6 Å². The zero-order chi connectivity index (χ0) is 24.5. The van der Waals surface area contributed by atoms with Crippen LogP contribution in [0.15, 0.2) is 58.0 Å². The first-order valence-corrected chi connectivity index (χ1v) is 13.2. The van der Waals surface area contributed by atoms with Crippen LogP contribution in [0.3, 0.4) is 0 Å². The lowest BCUT2D eigenvalue weighted by molar-refractivity contribution is -0.120. The normalized spacial score (nSPS) is 16.9. The molecule has 4 N–H and O–H groups in total. The van der Waals surface area contributed by atoms with Crippen LogP contribution in [-0.4, -0.2) is 45.4 Å². The number of nitrogens with zero attached hydrogens (tertiary/aromatic N) is 3. The standard InChI is InChI=1S/C27H27N7OS/c1-2-3-4-24(35)30-19-9-18(11-28-12-19)16-5-6-22-20(10-16)26(34-33-22)27-31-23-14-29-13-21(25(23)32-27)17-7-8-36-15-17/h5-11,14-15,21,28H,2-4,12-13H2,1H3,(H,30,35)(H,31,32)(H,33,34). The number of benzene rings is 1. The average Bonchev–Trinajstić information content (AvgIpc) is 3.66. The van der Waals surface area contributed by atoms with Crippen LogP contribution in [0.4, 0.5) is 0 Å². The second kappa shape index (κ2) is 9.58. The number of carbonyl (C=O) groups excluding carboxylic acids is 1. The highest BCUT2D eigenvalue weighted by Gasteiger charge is 2.25. The van der Waals surface area contributed by atoms with Crippen molar-refractivity contribution < 1.29 is 4.79 Å². The molecule has 0 bridgehead atoms. The molecule has 5 heterocycles. The molecule has 0 spiro atoms. The molecular formula is C27H27N7OS. The summed E-state index contributed by atoms with van der Waals surface area (Å²) in [4.78, 5) is 25.1. The van der Waals surface area contributed by atoms with E-state index in [4.69, 9.17) is 4.98 Å². The quantitative estimate of drug-likeness (QED) is 0.296. The number of aromatic nitrogens is 4. The number of rotatable bonds is 7. The van der Waals surface area contributed by atoms with E-state index in [1.807, 2.05) is 24.6 Å². The summed E-state index contributed by atoms with van der Waals surface area (Å²) >= 11 is 1.69. The fourth-order valence-corrected chi connectivity index (χ4v) is 5.42. The van der Waals surface area contributed by atoms with Crippen LogP contribution in [-0.2, 0) is 4.79 Å². The van der Waals surface area contributed by atoms with Gasteiger partial charge in [0, 0.05) is 35.8 Å². The summed E-state index contributed by atoms with van der Waals surface area (Å²) in [6.07, 6.45) is 8.31. The predicted molar refractivity (Wildman–Crippen MR) is 144 cm³/mol. The monoisotopic (exact) mass is 497 g/mol. The summed E-state index contributed by atoms with van der Waals surface area (Å²) in [6, 6.07) is 8.35. The lowest BCUT2D eigenvalue weighted by Crippen LogP contribution is -2.29. The van der Waals surface area contributed by atoms with Crippen LogP contribution in [0.2, 0.25) is 0 Å². The van der Waals surface area contributed by atoms with Gasteiger partial charge in [-0.1, -0.05) is 19.4 Å². The fraction of sp³-hybridized carbons (Fsp3) is 0.259. The maximum Gasteiger partial charge on any atom is 0.224 e. The highest BCUT2D eigenvalue weighted by Crippen LogP contribution is 2.34. The van der Waals surface area contributed by atoms with Gasteiger partial charge in [-0.15, -0.1) is 0 Å². The highest BCUT2D eigenvalue weighted by atomic mass is 32.1. The predicted octanol–water partition coefficient (Wildman–Crippen LogP) is 4.71. The summed E-state index contributed by atoms with van der Waals surface area (Å²) in [5.41, 5.74) is 7.83. The van der Waals surface area contributed by atoms with Gasteiger partial charge in [0.2, 0.25) is 5.91 Å². The maximum atomic E-state index is 12.2. The average molecular weight is 498 g/mol. The van der Waals surface area contributed by atoms with E-state index in [1.165, 1.54) is 5.56 Å². The Morgan fingerprint density at radius 2 is 2.22 bits per heavy atom. The Kier molecular flexibility index (Phi) is 5.98. The van der Waals surface area contributed by atoms with Gasteiger partial charge in [-0.3, -0.25) is 14.9 Å². The van der Waals surface area contributed by atoms with E-state index in [9.17, 15) is 4.79 Å². The smallest absolute Gasteiger partial charge is 0.224 e. The van der Waals surface area contributed by atoms with Crippen molar-refractivity contribution in [3.63, 3.8) is 0 Å². The number of hydrogen-bond donors (Lipinski definition) is 4. The Hall–Kier alpha value is -3.98. The fourth-order valence-electron chi connectivity index (χ4n) is 4.71. The van der Waals surface area contributed by atoms with Gasteiger partial charge in [0.1, 0.15) is 11.4 Å². The Bertz CT molecular complexity index is 1510. The van der Waals surface area contributed by atoms with E-state index in [1.54, 1.807) is 11.3 Å². The van der Waals surface area contributed by atoms with Crippen molar-refractivity contribution in [3.05, 3.63) is 75.5 Å². The number of amides is 1. The lowest BCUT2D eigenvalue weighted by Gasteiger charge is -2.17. The second-order valence-corrected chi connectivity index (χ2v) is 9.90. The summed E-state index contributed by atoms with van der Waals surface area (Å²) in [6.45, 7) is 3.40. The number of aromatic amines is 2. The van der Waals surface area contributed by atoms with E-state index >= 15 is 0 Å². The van der Waals surface area contributed by atoms with Crippen molar-refractivity contribution in [2.24, 2.45) is 4.99 Å². The van der Waals surface area contributed by atoms with Crippen molar-refractivity contribution in [2.45, 2.75) is 32.1 Å². The minimum absolute atomic E-state index is 0.0600. The molecular weight excluding hydrogens is 470 g/mol. The minimum atomic E-state index is 0.0600. The number of imidazole rings is 1. The first kappa shape index (κ1) is 22.5. The van der Waals surface area contributed by atoms with Crippen molar-refractivity contribution in [2.75, 3.05) is 13.1 Å². The molecule has 182 valence electrons. The van der Waals surface area contributed by atoms with Crippen molar-refractivity contribution in [1.82, 2.24) is 30.8 Å². The molecule has 2 aliphatic heterocycles. The molecule has 4 aromatic rings. The van der Waals surface area contributed by atoms with Gasteiger partial charge in [-0.2, -0.15) is 16.4 Å². The van der Waals surface area contributed by atoms with Gasteiger partial charge in [0.25, 0.3) is 0 Å². The maximum absolute atomic E-state index is 12.2. The summed E-state index contributed by atoms with van der Waals surface area (Å²) in [7, 11) is 0. The molecule has 3 aromatic heterocycles. The first-order chi connectivity index (χ1) is 17.7. The SMILES string of the molecule is CCCCC(=O)NC1=CC(c2ccc3[nH]nc(-c4nc5c([nH]4)C(c4ccsc4)CN=C5)c3c2)=CNC1. The second-order valence-electron chi connectivity index (χ2n) is 9.12. The highest BCUT2D eigenvalue weighted by molar-refractivity contribution is 7.08. The third-order valence-electron chi connectivity index (χ3n) is 6.61. The zero-order valence-corrected chi connectivity index (χ0v) is 20.8. The number of aliphatic imine (C=N–C) groups is 1. The van der Waals surface area contributed by atoms with Gasteiger partial charge in [0.05, 0.1) is 24.3 Å². The lowest BCUT2D eigenvalue weighted by atomic mass is 9.95. The largest absolute Gasteiger partial charge is 0.385 e. The van der Waals surface area contributed by atoms with Crippen molar-refractivity contribution in [3.8, 4) is 11.5 Å². The van der Waals surface area contributed by atoms with Gasteiger partial charge in [0.15, 0.2) is 5.82 Å². The van der Waals surface area contributed by atoms with Crippen molar-refractivity contribution >= 4 is 39.9 Å². The number of hydrogen-bond acceptors (Lipinski definition) is 6. The number of unbranched alkanes of at least 4 members (excludes halogenated alkanes) is 1. The number of dihydropyridines is 1. The van der Waals surface area contributed by atoms with Gasteiger partial charge in [-0.05, 0) is 58.2 Å². The molecule has 9 heteroatoms. The Morgan fingerprint density at radius 1 is 1.28 bits per heavy atom. The third kappa shape index (κ3) is 4.26. The molecule has 36 heavy (non-hydrogen) atoms. The first-order valence-electron chi connectivity index (χ1n) is 12.2. The van der Waals surface area contributed by atoms with Crippen LogP contribution < -0.4 is 10.6 Å². The van der Waals surface area contributed by atoms with E-state index in [0.29, 0.717) is 19.5 Å². The van der Waals surface area contributed by atoms with Crippen LogP contribution in [0.25, 0.3) is 28.0 Å². The number of allylic oxidation sites excluding steroid dienone is 2. The molecule has 1 unspecified atom stereocenters. The van der Waals surface area contributed by atoms with Gasteiger partial charge < -0.3 is 15.6 Å². The van der Waals surface area contributed by atoms with Gasteiger partial charge in [-0.25, -0.2) is 4.98 Å². The third-order valence-corrected chi connectivity index (χ3v) is 7.32. The van der Waals surface area contributed by atoms with Crippen LogP contribution in [0.5, 0.6) is 0 Å². The Balaban J connectivity index is 1.31. The number of thiophene rings is 1. The summed E-state index contributed by atoms with van der Waals surface area (Å²) in [5, 5.41) is 19.3. The molecule has 0 fully saturated rings. The molecule has 1 amide bonds. The molecule has 6 rings (SSSR count). The Labute approximate surface area is 212 Å². The van der Waals surface area contributed by atoms with Crippen LogP contribution >= 0.6 is 11.3 Å². The number of carbonyl (C=O) groups is 1. The molecule has 0 radical (unpaired) electrons. The summed E-state index contributed by atoms with van der Waals surface area (Å²) in [5.74, 6) is 0.963. The molecule has 1 atom stereocenters. The van der Waals surface area contributed by atoms with E-state index in [-0.39, 0.29) is 11.8 Å². The number of nitrogens with one attached hydrogen (secondary N) is 4. The molecule has 0 saturated carbocycles. The molecule has 8 nitrogen and oxygen atoms in total. The van der Waals surface area contributed by atoms with E-state index in [2.05, 4.69) is 66.7 Å². The van der Waals surface area contributed by atoms with Gasteiger partial charge >= 0.3 is 0 Å². The molecule has 0 aliphatic carbocycles. The Morgan fingerprint density at radius 3 is 3.08 bits per heavy atom. The van der Waals surface area contributed by atoms with Crippen molar-refractivity contribution in [1.29, 1.82) is 0 Å². The summed E-state index contributed by atoms with van der Waals surface area (Å²) < 4.78 is 0. The van der Waals surface area contributed by atoms with E-state index in [0.717, 1.165) is 63.5 Å². The van der Waals surface area contributed by atoms with Crippen LogP contribution in [0, 0.1) is 0 Å². The molecule has 1 aromatic carbocycles. The topological polar surface area (TPSA) is 111 Å². The molecule has 2 aliphatic rings. The number of H-pyrrole nitrogens is 2. The number of fused-ring (bicyclic) bond motifs is 2. The van der Waals surface area contributed by atoms with E-state index < -0.39 is 0 Å². The minimum Gasteiger partial charge on any atom is -0.385 e.